The van der Waals surface area contributed by atoms with Crippen molar-refractivity contribution in [2.75, 3.05) is 7.11 Å². The van der Waals surface area contributed by atoms with Gasteiger partial charge in [0.25, 0.3) is 0 Å². The van der Waals surface area contributed by atoms with E-state index >= 15 is 0 Å². The van der Waals surface area contributed by atoms with Gasteiger partial charge < -0.3 is 9.47 Å². The van der Waals surface area contributed by atoms with Gasteiger partial charge in [-0.2, -0.15) is 0 Å². The zero-order valence-corrected chi connectivity index (χ0v) is 16.8. The molecule has 5 heteroatoms. The summed E-state index contributed by atoms with van der Waals surface area (Å²) in [5.41, 5.74) is 3.05. The number of hydrogen-bond acceptors (Lipinski definition) is 4. The van der Waals surface area contributed by atoms with Crippen LogP contribution in [0.5, 0.6) is 5.75 Å². The lowest BCUT2D eigenvalue weighted by Crippen LogP contribution is -2.11. The molecule has 0 fully saturated rings. The van der Waals surface area contributed by atoms with Gasteiger partial charge in [-0.25, -0.2) is 9.79 Å². The van der Waals surface area contributed by atoms with Crippen LogP contribution in [0.25, 0.3) is 6.08 Å². The number of rotatable bonds is 3. The van der Waals surface area contributed by atoms with E-state index in [1.807, 2.05) is 42.5 Å². The lowest BCUT2D eigenvalue weighted by molar-refractivity contribution is -0.129. The van der Waals surface area contributed by atoms with E-state index in [0.717, 1.165) is 15.6 Å². The third-order valence-electron chi connectivity index (χ3n) is 4.10. The number of ether oxygens (including phenoxy) is 2. The maximum atomic E-state index is 12.2. The summed E-state index contributed by atoms with van der Waals surface area (Å²) in [7, 11) is 1.59. The molecule has 1 aliphatic rings. The Morgan fingerprint density at radius 2 is 1.81 bits per heavy atom. The predicted octanol–water partition coefficient (Wildman–Crippen LogP) is 5.10. The molecular weight excluding hydrogens is 394 g/mol. The first-order valence-electron chi connectivity index (χ1n) is 8.25. The molecule has 1 heterocycles. The summed E-state index contributed by atoms with van der Waals surface area (Å²) >= 11 is 3.42. The Hall–Kier alpha value is -2.40. The molecule has 0 radical (unpaired) electrons. The van der Waals surface area contributed by atoms with Gasteiger partial charge in [-0.1, -0.05) is 48.8 Å². The molecule has 0 amide bonds. The Morgan fingerprint density at radius 3 is 2.42 bits per heavy atom. The minimum atomic E-state index is -0.470. The van der Waals surface area contributed by atoms with Gasteiger partial charge in [0.1, 0.15) is 5.75 Å². The lowest BCUT2D eigenvalue weighted by Gasteiger charge is -2.18. The second kappa shape index (κ2) is 7.08. The van der Waals surface area contributed by atoms with Crippen molar-refractivity contribution in [2.45, 2.75) is 26.2 Å². The van der Waals surface area contributed by atoms with Gasteiger partial charge >= 0.3 is 5.97 Å². The van der Waals surface area contributed by atoms with Gasteiger partial charge in [0.05, 0.1) is 7.11 Å². The van der Waals surface area contributed by atoms with Crippen LogP contribution in [-0.4, -0.2) is 19.0 Å². The summed E-state index contributed by atoms with van der Waals surface area (Å²) < 4.78 is 11.6. The molecule has 0 spiro atoms. The van der Waals surface area contributed by atoms with Gasteiger partial charge in [0, 0.05) is 15.6 Å². The standard InChI is InChI=1S/C21H20BrNO3/c1-21(2,3)15-7-5-13(6-8-15)19-23-17(20(24)26-19)12-14-11-16(22)9-10-18(14)25-4/h5-12H,1-4H3/b17-12-. The van der Waals surface area contributed by atoms with Crippen molar-refractivity contribution in [1.82, 2.24) is 0 Å². The molecule has 0 N–H and O–H groups in total. The molecule has 0 saturated carbocycles. The molecule has 0 unspecified atom stereocenters. The smallest absolute Gasteiger partial charge is 0.363 e. The van der Waals surface area contributed by atoms with E-state index in [-0.39, 0.29) is 11.1 Å². The van der Waals surface area contributed by atoms with Crippen molar-refractivity contribution in [3.8, 4) is 5.75 Å². The molecular formula is C21H20BrNO3. The minimum Gasteiger partial charge on any atom is -0.496 e. The van der Waals surface area contributed by atoms with Crippen LogP contribution in [0.3, 0.4) is 0 Å². The number of halogens is 1. The van der Waals surface area contributed by atoms with E-state index in [2.05, 4.69) is 41.7 Å². The van der Waals surface area contributed by atoms with E-state index in [1.165, 1.54) is 5.56 Å². The van der Waals surface area contributed by atoms with Crippen LogP contribution >= 0.6 is 15.9 Å². The zero-order chi connectivity index (χ0) is 18.9. The third-order valence-corrected chi connectivity index (χ3v) is 4.60. The normalized spacial score (nSPS) is 15.8. The van der Waals surface area contributed by atoms with Crippen molar-refractivity contribution >= 4 is 33.9 Å². The Morgan fingerprint density at radius 1 is 1.12 bits per heavy atom. The molecule has 0 aromatic heterocycles. The molecule has 0 saturated heterocycles. The summed E-state index contributed by atoms with van der Waals surface area (Å²) in [5.74, 6) is 0.504. The monoisotopic (exact) mass is 413 g/mol. The van der Waals surface area contributed by atoms with E-state index in [1.54, 1.807) is 13.2 Å². The van der Waals surface area contributed by atoms with Crippen molar-refractivity contribution in [2.24, 2.45) is 4.99 Å². The number of methoxy groups -OCH3 is 1. The maximum Gasteiger partial charge on any atom is 0.363 e. The van der Waals surface area contributed by atoms with E-state index < -0.39 is 5.97 Å². The number of aliphatic imine (C=N–C) groups is 1. The number of hydrogen-bond donors (Lipinski definition) is 0. The van der Waals surface area contributed by atoms with Gasteiger partial charge in [-0.3, -0.25) is 0 Å². The third kappa shape index (κ3) is 3.88. The second-order valence-electron chi connectivity index (χ2n) is 7.05. The summed E-state index contributed by atoms with van der Waals surface area (Å²) in [4.78, 5) is 16.6. The van der Waals surface area contributed by atoms with E-state index in [0.29, 0.717) is 11.6 Å². The highest BCUT2D eigenvalue weighted by Gasteiger charge is 2.25. The Bertz CT molecular complexity index is 906. The highest BCUT2D eigenvalue weighted by Crippen LogP contribution is 2.28. The Balaban J connectivity index is 1.93. The molecule has 3 rings (SSSR count). The first-order chi connectivity index (χ1) is 12.3. The summed E-state index contributed by atoms with van der Waals surface area (Å²) in [5, 5.41) is 0. The van der Waals surface area contributed by atoms with Crippen molar-refractivity contribution in [3.05, 3.63) is 69.3 Å². The highest BCUT2D eigenvalue weighted by atomic mass is 79.9. The molecule has 2 aromatic carbocycles. The first kappa shape index (κ1) is 18.4. The predicted molar refractivity (Wildman–Crippen MR) is 106 cm³/mol. The van der Waals surface area contributed by atoms with Gasteiger partial charge in [-0.05, 0) is 47.4 Å². The van der Waals surface area contributed by atoms with Gasteiger partial charge in [-0.15, -0.1) is 0 Å². The highest BCUT2D eigenvalue weighted by molar-refractivity contribution is 9.10. The molecule has 2 aromatic rings. The van der Waals surface area contributed by atoms with Gasteiger partial charge in [0.2, 0.25) is 5.90 Å². The average molecular weight is 414 g/mol. The Kier molecular flexibility index (Phi) is 5.01. The number of carbonyl (C=O) groups excluding carboxylic acids is 1. The van der Waals surface area contributed by atoms with Crippen LogP contribution in [0, 0.1) is 0 Å². The molecule has 1 aliphatic heterocycles. The number of esters is 1. The van der Waals surface area contributed by atoms with Gasteiger partial charge in [0.15, 0.2) is 5.70 Å². The molecule has 0 aliphatic carbocycles. The van der Waals surface area contributed by atoms with Crippen LogP contribution in [0.4, 0.5) is 0 Å². The van der Waals surface area contributed by atoms with E-state index in [4.69, 9.17) is 9.47 Å². The van der Waals surface area contributed by atoms with Crippen LogP contribution in [0.2, 0.25) is 0 Å². The Labute approximate surface area is 161 Å². The average Bonchev–Trinajstić information content (AvgIpc) is 2.95. The fraction of sp³-hybridized carbons (Fsp3) is 0.238. The summed E-state index contributed by atoms with van der Waals surface area (Å²) in [6, 6.07) is 13.5. The molecule has 4 nitrogen and oxygen atoms in total. The lowest BCUT2D eigenvalue weighted by atomic mass is 9.87. The van der Waals surface area contributed by atoms with Crippen LogP contribution < -0.4 is 4.74 Å². The fourth-order valence-corrected chi connectivity index (χ4v) is 2.99. The second-order valence-corrected chi connectivity index (χ2v) is 7.97. The van der Waals surface area contributed by atoms with E-state index in [9.17, 15) is 4.79 Å². The quantitative estimate of drug-likeness (QED) is 0.519. The minimum absolute atomic E-state index is 0.0645. The number of benzene rings is 2. The molecule has 0 atom stereocenters. The molecule has 26 heavy (non-hydrogen) atoms. The number of carbonyl (C=O) groups is 1. The van der Waals surface area contributed by atoms with Crippen LogP contribution in [0.1, 0.15) is 37.5 Å². The summed E-state index contributed by atoms with van der Waals surface area (Å²) in [6.45, 7) is 6.46. The summed E-state index contributed by atoms with van der Waals surface area (Å²) in [6.07, 6.45) is 1.67. The number of nitrogens with zero attached hydrogens (tertiary/aromatic N) is 1. The topological polar surface area (TPSA) is 47.9 Å². The number of cyclic esters (lactones) is 1. The molecule has 134 valence electrons. The van der Waals surface area contributed by atoms with Crippen molar-refractivity contribution < 1.29 is 14.3 Å². The zero-order valence-electron chi connectivity index (χ0n) is 15.2. The SMILES string of the molecule is COc1ccc(Br)cc1/C=C1\N=C(c2ccc(C(C)(C)C)cc2)OC1=O. The largest absolute Gasteiger partial charge is 0.496 e. The first-order valence-corrected chi connectivity index (χ1v) is 9.04. The molecule has 0 bridgehead atoms. The fourth-order valence-electron chi connectivity index (χ4n) is 2.61. The van der Waals surface area contributed by atoms with Crippen LogP contribution in [-0.2, 0) is 14.9 Å². The van der Waals surface area contributed by atoms with Crippen molar-refractivity contribution in [3.63, 3.8) is 0 Å². The maximum absolute atomic E-state index is 12.2. The van der Waals surface area contributed by atoms with Crippen LogP contribution in [0.15, 0.2) is 57.6 Å². The van der Waals surface area contributed by atoms with Crippen molar-refractivity contribution in [1.29, 1.82) is 0 Å².